The second-order valence-electron chi connectivity index (χ2n) is 7.22. The predicted molar refractivity (Wildman–Crippen MR) is 121 cm³/mol. The molecule has 0 saturated carbocycles. The molecule has 0 radical (unpaired) electrons. The molecule has 3 aromatic rings. The molecular weight excluding hydrogens is 512 g/mol. The zero-order chi connectivity index (χ0) is 25.8. The second kappa shape index (κ2) is 10.5. The van der Waals surface area contributed by atoms with Crippen molar-refractivity contribution in [3.8, 4) is 0 Å². The average molecular weight is 529 g/mol. The molecule has 2 N–H and O–H groups in total. The van der Waals surface area contributed by atoms with E-state index in [4.69, 9.17) is 11.6 Å². The largest absolute Gasteiger partial charge is 0.416 e. The van der Waals surface area contributed by atoms with Gasteiger partial charge in [0.1, 0.15) is 5.82 Å². The van der Waals surface area contributed by atoms with E-state index in [1.807, 2.05) is 0 Å². The minimum Gasteiger partial charge on any atom is -0.325 e. The van der Waals surface area contributed by atoms with Gasteiger partial charge in [0, 0.05) is 23.6 Å². The van der Waals surface area contributed by atoms with Crippen LogP contribution < -0.4 is 10.0 Å². The molecule has 184 valence electrons. The Kier molecular flexibility index (Phi) is 7.93. The molecule has 12 heteroatoms. The maximum atomic E-state index is 14.1. The summed E-state index contributed by atoms with van der Waals surface area (Å²) >= 11 is 5.95. The zero-order valence-electron chi connectivity index (χ0n) is 17.7. The highest BCUT2D eigenvalue weighted by atomic mass is 35.5. The van der Waals surface area contributed by atoms with E-state index < -0.39 is 57.1 Å². The number of alkyl halides is 3. The molecule has 0 saturated heterocycles. The lowest BCUT2D eigenvalue weighted by Crippen LogP contribution is -2.28. The first-order valence-corrected chi connectivity index (χ1v) is 11.8. The van der Waals surface area contributed by atoms with Crippen LogP contribution in [0.3, 0.4) is 0 Å². The summed E-state index contributed by atoms with van der Waals surface area (Å²) in [5.74, 6) is -2.20. The molecule has 0 heterocycles. The third kappa shape index (κ3) is 6.65. The number of anilines is 1. The van der Waals surface area contributed by atoms with Crippen molar-refractivity contribution in [2.24, 2.45) is 0 Å². The van der Waals surface area contributed by atoms with Crippen LogP contribution >= 0.6 is 11.6 Å². The van der Waals surface area contributed by atoms with Crippen LogP contribution in [-0.2, 0) is 21.0 Å². The molecular formula is C23H17ClF4N2O4S. The molecule has 0 aromatic heterocycles. The maximum Gasteiger partial charge on any atom is 0.416 e. The molecule has 0 atom stereocenters. The Balaban J connectivity index is 1.69. The molecule has 0 aliphatic heterocycles. The molecule has 6 nitrogen and oxygen atoms in total. The van der Waals surface area contributed by atoms with Gasteiger partial charge in [-0.05, 0) is 48.5 Å². The third-order valence-corrected chi connectivity index (χ3v) is 6.43. The fourth-order valence-electron chi connectivity index (χ4n) is 3.04. The lowest BCUT2D eigenvalue weighted by molar-refractivity contribution is -0.137. The Hall–Kier alpha value is -3.28. The Bertz CT molecular complexity index is 1380. The summed E-state index contributed by atoms with van der Waals surface area (Å²) in [5.41, 5.74) is -1.43. The monoisotopic (exact) mass is 528 g/mol. The van der Waals surface area contributed by atoms with Gasteiger partial charge < -0.3 is 5.32 Å². The molecule has 0 unspecified atom stereocenters. The van der Waals surface area contributed by atoms with Crippen LogP contribution in [0.15, 0.2) is 71.6 Å². The van der Waals surface area contributed by atoms with Gasteiger partial charge in [-0.2, -0.15) is 13.2 Å². The summed E-state index contributed by atoms with van der Waals surface area (Å²) in [5, 5.41) is 2.60. The first kappa shape index (κ1) is 26.3. The smallest absolute Gasteiger partial charge is 0.325 e. The highest BCUT2D eigenvalue weighted by Gasteiger charge is 2.31. The summed E-state index contributed by atoms with van der Waals surface area (Å²) < 4.78 is 79.3. The number of amides is 1. The SMILES string of the molecule is O=C(CCNS(=O)(=O)c1cccc(C(F)(F)F)c1)Nc1ccc(Cl)cc1C(=O)c1ccccc1F. The molecule has 0 aliphatic rings. The Morgan fingerprint density at radius 3 is 2.31 bits per heavy atom. The van der Waals surface area contributed by atoms with Crippen LogP contribution in [0.4, 0.5) is 23.2 Å². The zero-order valence-corrected chi connectivity index (χ0v) is 19.3. The number of nitrogens with one attached hydrogen (secondary N) is 2. The summed E-state index contributed by atoms with van der Waals surface area (Å²) in [4.78, 5) is 24.6. The lowest BCUT2D eigenvalue weighted by atomic mass is 10.0. The van der Waals surface area contributed by atoms with Crippen molar-refractivity contribution < 1.29 is 35.6 Å². The second-order valence-corrected chi connectivity index (χ2v) is 9.42. The number of sulfonamides is 1. The standard InChI is InChI=1S/C23H17ClF4N2O4S/c24-15-8-9-20(18(13-15)22(32)17-6-1-2-7-19(17)25)30-21(31)10-11-29-35(33,34)16-5-3-4-14(12-16)23(26,27)28/h1-9,12-13,29H,10-11H2,(H,30,31). The number of halogens is 5. The van der Waals surface area contributed by atoms with E-state index in [0.29, 0.717) is 6.07 Å². The van der Waals surface area contributed by atoms with E-state index >= 15 is 0 Å². The van der Waals surface area contributed by atoms with Crippen LogP contribution in [0, 0.1) is 5.82 Å². The van der Waals surface area contributed by atoms with Crippen LogP contribution in [0.5, 0.6) is 0 Å². The quantitative estimate of drug-likeness (QED) is 0.317. The third-order valence-electron chi connectivity index (χ3n) is 4.73. The van der Waals surface area contributed by atoms with Crippen LogP contribution in [0.1, 0.15) is 27.9 Å². The number of carbonyl (C=O) groups is 2. The van der Waals surface area contributed by atoms with Crippen molar-refractivity contribution in [1.29, 1.82) is 0 Å². The van der Waals surface area contributed by atoms with Crippen LogP contribution in [0.2, 0.25) is 5.02 Å². The maximum absolute atomic E-state index is 14.1. The van der Waals surface area contributed by atoms with Gasteiger partial charge in [0.25, 0.3) is 0 Å². The molecule has 0 spiro atoms. The molecule has 3 rings (SSSR count). The molecule has 0 bridgehead atoms. The average Bonchev–Trinajstić information content (AvgIpc) is 2.79. The molecule has 1 amide bonds. The molecule has 3 aromatic carbocycles. The number of hydrogen-bond donors (Lipinski definition) is 2. The van der Waals surface area contributed by atoms with Crippen molar-refractivity contribution in [2.75, 3.05) is 11.9 Å². The molecule has 0 aliphatic carbocycles. The Morgan fingerprint density at radius 1 is 0.914 bits per heavy atom. The minimum absolute atomic E-state index is 0.0217. The van der Waals surface area contributed by atoms with E-state index in [2.05, 4.69) is 10.0 Å². The van der Waals surface area contributed by atoms with Gasteiger partial charge in [-0.15, -0.1) is 0 Å². The van der Waals surface area contributed by atoms with Gasteiger partial charge in [0.15, 0.2) is 5.78 Å². The Labute approximate surface area is 203 Å². The highest BCUT2D eigenvalue weighted by Crippen LogP contribution is 2.30. The van der Waals surface area contributed by atoms with Crippen molar-refractivity contribution in [3.63, 3.8) is 0 Å². The van der Waals surface area contributed by atoms with Crippen LogP contribution in [0.25, 0.3) is 0 Å². The highest BCUT2D eigenvalue weighted by molar-refractivity contribution is 7.89. The minimum atomic E-state index is -4.72. The van der Waals surface area contributed by atoms with Crippen molar-refractivity contribution in [3.05, 3.63) is 94.3 Å². The normalized spacial score (nSPS) is 11.8. The van der Waals surface area contributed by atoms with Gasteiger partial charge in [-0.1, -0.05) is 29.8 Å². The first-order chi connectivity index (χ1) is 16.4. The van der Waals surface area contributed by atoms with Gasteiger partial charge in [0.2, 0.25) is 15.9 Å². The number of hydrogen-bond acceptors (Lipinski definition) is 4. The van der Waals surface area contributed by atoms with Crippen molar-refractivity contribution in [1.82, 2.24) is 4.72 Å². The Morgan fingerprint density at radius 2 is 1.63 bits per heavy atom. The van der Waals surface area contributed by atoms with E-state index in [1.54, 1.807) is 0 Å². The van der Waals surface area contributed by atoms with E-state index in [-0.39, 0.29) is 21.8 Å². The molecule has 0 fully saturated rings. The van der Waals surface area contributed by atoms with E-state index in [9.17, 15) is 35.6 Å². The fourth-order valence-corrected chi connectivity index (χ4v) is 4.29. The predicted octanol–water partition coefficient (Wildman–Crippen LogP) is 5.04. The summed E-state index contributed by atoms with van der Waals surface area (Å²) in [6, 6.07) is 12.4. The van der Waals surface area contributed by atoms with Crippen LogP contribution in [-0.4, -0.2) is 26.7 Å². The summed E-state index contributed by atoms with van der Waals surface area (Å²) in [6.45, 7) is -0.436. The lowest BCUT2D eigenvalue weighted by Gasteiger charge is -2.12. The fraction of sp³-hybridized carbons (Fsp3) is 0.130. The number of rotatable bonds is 8. The first-order valence-electron chi connectivity index (χ1n) is 9.94. The van der Waals surface area contributed by atoms with Gasteiger partial charge in [-0.3, -0.25) is 9.59 Å². The van der Waals surface area contributed by atoms with Gasteiger partial charge in [0.05, 0.1) is 21.7 Å². The summed E-state index contributed by atoms with van der Waals surface area (Å²) in [7, 11) is -4.32. The topological polar surface area (TPSA) is 92.3 Å². The summed E-state index contributed by atoms with van der Waals surface area (Å²) in [6.07, 6.45) is -5.13. The number of benzene rings is 3. The molecule has 35 heavy (non-hydrogen) atoms. The van der Waals surface area contributed by atoms with E-state index in [0.717, 1.165) is 24.3 Å². The number of ketones is 1. The van der Waals surface area contributed by atoms with Crippen molar-refractivity contribution in [2.45, 2.75) is 17.5 Å². The van der Waals surface area contributed by atoms with Gasteiger partial charge >= 0.3 is 6.18 Å². The number of carbonyl (C=O) groups excluding carboxylic acids is 2. The van der Waals surface area contributed by atoms with Gasteiger partial charge in [-0.25, -0.2) is 17.5 Å². The van der Waals surface area contributed by atoms with Crippen molar-refractivity contribution >= 4 is 39.0 Å². The van der Waals surface area contributed by atoms with E-state index in [1.165, 1.54) is 36.4 Å².